The predicted octanol–water partition coefficient (Wildman–Crippen LogP) is 2.46. The third kappa shape index (κ3) is 4.00. The highest BCUT2D eigenvalue weighted by atomic mass is 32.2. The summed E-state index contributed by atoms with van der Waals surface area (Å²) >= 11 is 1.66. The Kier molecular flexibility index (Phi) is 4.63. The van der Waals surface area contributed by atoms with Gasteiger partial charge in [-0.15, -0.1) is 11.3 Å². The Bertz CT molecular complexity index is 525. The SMILES string of the molecule is Cc1csc(C(C)NC2CCCC(S(C)(=O)=O)C2)n1. The van der Waals surface area contributed by atoms with Gasteiger partial charge in [-0.3, -0.25) is 0 Å². The fraction of sp³-hybridized carbons (Fsp3) is 0.769. The largest absolute Gasteiger partial charge is 0.305 e. The van der Waals surface area contributed by atoms with Crippen LogP contribution in [0.15, 0.2) is 5.38 Å². The fourth-order valence-electron chi connectivity index (χ4n) is 2.68. The van der Waals surface area contributed by atoms with Gasteiger partial charge in [0.15, 0.2) is 0 Å². The van der Waals surface area contributed by atoms with Crippen LogP contribution >= 0.6 is 11.3 Å². The topological polar surface area (TPSA) is 59.1 Å². The van der Waals surface area contributed by atoms with E-state index in [1.165, 1.54) is 6.26 Å². The van der Waals surface area contributed by atoms with Crippen LogP contribution in [-0.2, 0) is 9.84 Å². The molecule has 0 aromatic carbocycles. The maximum absolute atomic E-state index is 11.7. The minimum atomic E-state index is -2.91. The lowest BCUT2D eigenvalue weighted by molar-refractivity contribution is 0.346. The minimum absolute atomic E-state index is 0.177. The zero-order chi connectivity index (χ0) is 14.0. The van der Waals surface area contributed by atoms with E-state index in [-0.39, 0.29) is 17.3 Å². The molecule has 108 valence electrons. The highest BCUT2D eigenvalue weighted by Gasteiger charge is 2.29. The predicted molar refractivity (Wildman–Crippen MR) is 79.3 cm³/mol. The number of aromatic nitrogens is 1. The summed E-state index contributed by atoms with van der Waals surface area (Å²) in [4.78, 5) is 4.48. The van der Waals surface area contributed by atoms with E-state index >= 15 is 0 Å². The van der Waals surface area contributed by atoms with Crippen molar-refractivity contribution in [1.82, 2.24) is 10.3 Å². The normalized spacial score (nSPS) is 26.3. The van der Waals surface area contributed by atoms with E-state index in [9.17, 15) is 8.42 Å². The number of sulfone groups is 1. The van der Waals surface area contributed by atoms with E-state index in [4.69, 9.17) is 0 Å². The van der Waals surface area contributed by atoms with Crippen LogP contribution in [-0.4, -0.2) is 30.9 Å². The van der Waals surface area contributed by atoms with E-state index in [2.05, 4.69) is 17.2 Å². The lowest BCUT2D eigenvalue weighted by Crippen LogP contribution is -2.39. The van der Waals surface area contributed by atoms with Gasteiger partial charge >= 0.3 is 0 Å². The van der Waals surface area contributed by atoms with Crippen molar-refractivity contribution in [2.45, 2.75) is 56.9 Å². The molecule has 0 bridgehead atoms. The van der Waals surface area contributed by atoms with Crippen molar-refractivity contribution in [2.24, 2.45) is 0 Å². The molecule has 2 rings (SSSR count). The molecule has 1 aromatic heterocycles. The number of rotatable bonds is 4. The smallest absolute Gasteiger partial charge is 0.150 e. The Balaban J connectivity index is 1.95. The molecule has 0 radical (unpaired) electrons. The first kappa shape index (κ1) is 14.9. The third-order valence-electron chi connectivity index (χ3n) is 3.72. The molecule has 0 spiro atoms. The summed E-state index contributed by atoms with van der Waals surface area (Å²) in [6.07, 6.45) is 4.93. The number of hydrogen-bond acceptors (Lipinski definition) is 5. The Morgan fingerprint density at radius 3 is 2.79 bits per heavy atom. The van der Waals surface area contributed by atoms with E-state index in [1.54, 1.807) is 11.3 Å². The van der Waals surface area contributed by atoms with Crippen molar-refractivity contribution in [2.75, 3.05) is 6.26 Å². The van der Waals surface area contributed by atoms with Crippen molar-refractivity contribution in [3.63, 3.8) is 0 Å². The third-order valence-corrected chi connectivity index (χ3v) is 6.51. The van der Waals surface area contributed by atoms with Gasteiger partial charge in [-0.1, -0.05) is 6.42 Å². The lowest BCUT2D eigenvalue weighted by Gasteiger charge is -2.30. The highest BCUT2D eigenvalue weighted by molar-refractivity contribution is 7.91. The molecule has 1 N–H and O–H groups in total. The van der Waals surface area contributed by atoms with E-state index in [0.717, 1.165) is 36.4 Å². The first-order valence-electron chi connectivity index (χ1n) is 6.73. The number of nitrogens with one attached hydrogen (secondary N) is 1. The Hall–Kier alpha value is -0.460. The van der Waals surface area contributed by atoms with Gasteiger partial charge in [-0.2, -0.15) is 0 Å². The van der Waals surface area contributed by atoms with Gasteiger partial charge in [-0.25, -0.2) is 13.4 Å². The van der Waals surface area contributed by atoms with Gasteiger partial charge in [0, 0.05) is 23.4 Å². The summed E-state index contributed by atoms with van der Waals surface area (Å²) in [5.74, 6) is 0. The molecule has 1 aliphatic rings. The first-order chi connectivity index (χ1) is 8.86. The highest BCUT2D eigenvalue weighted by Crippen LogP contribution is 2.26. The number of aryl methyl sites for hydroxylation is 1. The van der Waals surface area contributed by atoms with Crippen LogP contribution in [0.5, 0.6) is 0 Å². The number of thiazole rings is 1. The summed E-state index contributed by atoms with van der Waals surface area (Å²) in [6, 6.07) is 0.481. The van der Waals surface area contributed by atoms with Crippen molar-refractivity contribution in [1.29, 1.82) is 0 Å². The van der Waals surface area contributed by atoms with Crippen LogP contribution in [0.2, 0.25) is 0 Å². The average Bonchev–Trinajstić information content (AvgIpc) is 2.75. The van der Waals surface area contributed by atoms with Gasteiger partial charge in [-0.05, 0) is 33.1 Å². The molecule has 6 heteroatoms. The van der Waals surface area contributed by atoms with Crippen molar-refractivity contribution in [3.05, 3.63) is 16.1 Å². The molecule has 19 heavy (non-hydrogen) atoms. The van der Waals surface area contributed by atoms with Gasteiger partial charge in [0.1, 0.15) is 14.8 Å². The van der Waals surface area contributed by atoms with Crippen LogP contribution in [0.1, 0.15) is 49.4 Å². The van der Waals surface area contributed by atoms with Crippen molar-refractivity contribution < 1.29 is 8.42 Å². The second kappa shape index (κ2) is 5.89. The molecule has 0 aliphatic heterocycles. The maximum atomic E-state index is 11.7. The molecular weight excluding hydrogens is 280 g/mol. The van der Waals surface area contributed by atoms with Gasteiger partial charge < -0.3 is 5.32 Å². The molecular formula is C13H22N2O2S2. The van der Waals surface area contributed by atoms with Crippen LogP contribution in [0, 0.1) is 6.92 Å². The Labute approximate surface area is 119 Å². The monoisotopic (exact) mass is 302 g/mol. The van der Waals surface area contributed by atoms with E-state index in [1.807, 2.05) is 12.3 Å². The Morgan fingerprint density at radius 1 is 1.47 bits per heavy atom. The summed E-state index contributed by atoms with van der Waals surface area (Å²) in [5, 5.41) is 6.49. The second-order valence-electron chi connectivity index (χ2n) is 5.53. The molecule has 3 atom stereocenters. The Morgan fingerprint density at radius 2 is 2.21 bits per heavy atom. The molecule has 3 unspecified atom stereocenters. The first-order valence-corrected chi connectivity index (χ1v) is 9.56. The zero-order valence-corrected chi connectivity index (χ0v) is 13.4. The summed E-state index contributed by atoms with van der Waals surface area (Å²) in [6.45, 7) is 4.09. The van der Waals surface area contributed by atoms with Gasteiger partial charge in [0.2, 0.25) is 0 Å². The van der Waals surface area contributed by atoms with Crippen molar-refractivity contribution in [3.8, 4) is 0 Å². The fourth-order valence-corrected chi connectivity index (χ4v) is 4.67. The van der Waals surface area contributed by atoms with Gasteiger partial charge in [0.05, 0.1) is 11.3 Å². The van der Waals surface area contributed by atoms with Crippen LogP contribution in [0.25, 0.3) is 0 Å². The quantitative estimate of drug-likeness (QED) is 0.928. The van der Waals surface area contributed by atoms with Crippen molar-refractivity contribution >= 4 is 21.2 Å². The molecule has 1 aliphatic carbocycles. The van der Waals surface area contributed by atoms with Crippen LogP contribution in [0.3, 0.4) is 0 Å². The molecule has 1 aromatic rings. The number of nitrogens with zero attached hydrogens (tertiary/aromatic N) is 1. The van der Waals surface area contributed by atoms with Gasteiger partial charge in [0.25, 0.3) is 0 Å². The van der Waals surface area contributed by atoms with E-state index < -0.39 is 9.84 Å². The van der Waals surface area contributed by atoms with Crippen LogP contribution in [0.4, 0.5) is 0 Å². The molecule has 4 nitrogen and oxygen atoms in total. The molecule has 1 saturated carbocycles. The maximum Gasteiger partial charge on any atom is 0.150 e. The standard InChI is InChI=1S/C13H22N2O2S2/c1-9-8-18-13(14-9)10(2)15-11-5-4-6-12(7-11)19(3,16)17/h8,10-12,15H,4-7H2,1-3H3. The molecule has 1 heterocycles. The summed E-state index contributed by atoms with van der Waals surface area (Å²) in [5.41, 5.74) is 1.05. The average molecular weight is 302 g/mol. The molecule has 0 saturated heterocycles. The van der Waals surface area contributed by atoms with Crippen LogP contribution < -0.4 is 5.32 Å². The minimum Gasteiger partial charge on any atom is -0.305 e. The molecule has 0 amide bonds. The lowest BCUT2D eigenvalue weighted by atomic mass is 9.94. The second-order valence-corrected chi connectivity index (χ2v) is 8.75. The number of hydrogen-bond donors (Lipinski definition) is 1. The van der Waals surface area contributed by atoms with E-state index in [0.29, 0.717) is 0 Å². The zero-order valence-electron chi connectivity index (χ0n) is 11.7. The summed E-state index contributed by atoms with van der Waals surface area (Å²) in [7, 11) is -2.91. The summed E-state index contributed by atoms with van der Waals surface area (Å²) < 4.78 is 23.3. The molecule has 1 fully saturated rings.